The van der Waals surface area contributed by atoms with Crippen LogP contribution >= 0.6 is 11.6 Å². The van der Waals surface area contributed by atoms with Crippen LogP contribution in [0.2, 0.25) is 5.02 Å². The third-order valence-electron chi connectivity index (χ3n) is 4.39. The molecule has 0 spiro atoms. The van der Waals surface area contributed by atoms with Crippen molar-refractivity contribution in [2.45, 2.75) is 38.4 Å². The zero-order valence-corrected chi connectivity index (χ0v) is 15.5. The van der Waals surface area contributed by atoms with Gasteiger partial charge in [0.2, 0.25) is 5.91 Å². The molecule has 1 saturated carbocycles. The Balaban J connectivity index is 1.55. The molecular formula is C19H22ClN3O3. The van der Waals surface area contributed by atoms with Crippen LogP contribution in [0, 0.1) is 0 Å². The fraction of sp³-hybridized carbons (Fsp3) is 0.368. The average molecular weight is 376 g/mol. The monoisotopic (exact) mass is 375 g/mol. The fourth-order valence-electron chi connectivity index (χ4n) is 2.48. The molecule has 26 heavy (non-hydrogen) atoms. The minimum atomic E-state index is -0.468. The predicted octanol–water partition coefficient (Wildman–Crippen LogP) is 3.41. The Labute approximate surface area is 157 Å². The van der Waals surface area contributed by atoms with Gasteiger partial charge >= 0.3 is 6.03 Å². The summed E-state index contributed by atoms with van der Waals surface area (Å²) in [5.41, 5.74) is 0.936. The number of likely N-dealkylation sites (N-methyl/N-ethyl adjacent to an activating group) is 1. The Bertz CT molecular complexity index is 784. The molecule has 1 aliphatic rings. The maximum Gasteiger partial charge on any atom is 0.321 e. The van der Waals surface area contributed by atoms with Gasteiger partial charge in [0.05, 0.1) is 12.6 Å². The van der Waals surface area contributed by atoms with Gasteiger partial charge in [0.15, 0.2) is 0 Å². The van der Waals surface area contributed by atoms with Crippen LogP contribution in [0.25, 0.3) is 11.3 Å². The number of imide groups is 1. The van der Waals surface area contributed by atoms with E-state index in [9.17, 15) is 9.59 Å². The number of carbonyl (C=O) groups excluding carboxylic acids is 2. The van der Waals surface area contributed by atoms with Gasteiger partial charge in [-0.05, 0) is 63.2 Å². The molecule has 0 saturated heterocycles. The molecule has 1 atom stereocenters. The highest BCUT2D eigenvalue weighted by Crippen LogP contribution is 2.24. The third kappa shape index (κ3) is 4.86. The number of rotatable bonds is 6. The Hall–Kier alpha value is -2.31. The molecule has 3 rings (SSSR count). The van der Waals surface area contributed by atoms with Crippen molar-refractivity contribution in [3.63, 3.8) is 0 Å². The van der Waals surface area contributed by atoms with Crippen LogP contribution in [-0.4, -0.2) is 36.0 Å². The normalized spacial score (nSPS) is 14.9. The van der Waals surface area contributed by atoms with E-state index in [1.54, 1.807) is 6.92 Å². The van der Waals surface area contributed by atoms with Gasteiger partial charge in [0, 0.05) is 16.6 Å². The van der Waals surface area contributed by atoms with Crippen molar-refractivity contribution in [1.82, 2.24) is 15.5 Å². The van der Waals surface area contributed by atoms with E-state index in [1.807, 2.05) is 48.3 Å². The molecule has 0 radical (unpaired) electrons. The highest BCUT2D eigenvalue weighted by Gasteiger charge is 2.26. The summed E-state index contributed by atoms with van der Waals surface area (Å²) in [6.45, 7) is 2.20. The molecule has 1 unspecified atom stereocenters. The number of hydrogen-bond acceptors (Lipinski definition) is 4. The lowest BCUT2D eigenvalue weighted by Crippen LogP contribution is -2.48. The van der Waals surface area contributed by atoms with E-state index in [0.717, 1.165) is 29.9 Å². The molecule has 0 bridgehead atoms. The zero-order valence-electron chi connectivity index (χ0n) is 14.8. The number of nitrogens with one attached hydrogen (secondary N) is 2. The van der Waals surface area contributed by atoms with Crippen molar-refractivity contribution in [2.24, 2.45) is 0 Å². The van der Waals surface area contributed by atoms with Crippen LogP contribution < -0.4 is 10.6 Å². The van der Waals surface area contributed by atoms with E-state index in [0.29, 0.717) is 11.6 Å². The molecule has 3 amide bonds. The molecular weight excluding hydrogens is 354 g/mol. The molecule has 138 valence electrons. The Kier molecular flexibility index (Phi) is 5.64. The first kappa shape index (κ1) is 18.5. The van der Waals surface area contributed by atoms with Gasteiger partial charge in [0.25, 0.3) is 0 Å². The molecule has 1 aliphatic carbocycles. The van der Waals surface area contributed by atoms with Crippen molar-refractivity contribution in [1.29, 1.82) is 0 Å². The van der Waals surface area contributed by atoms with Crippen molar-refractivity contribution < 1.29 is 14.0 Å². The summed E-state index contributed by atoms with van der Waals surface area (Å²) in [7, 11) is 1.81. The van der Waals surface area contributed by atoms with E-state index >= 15 is 0 Å². The summed E-state index contributed by atoms with van der Waals surface area (Å²) < 4.78 is 5.86. The molecule has 1 aromatic carbocycles. The van der Waals surface area contributed by atoms with Crippen molar-refractivity contribution in [2.75, 3.05) is 7.05 Å². The number of hydrogen-bond donors (Lipinski definition) is 2. The highest BCUT2D eigenvalue weighted by molar-refractivity contribution is 6.30. The second-order valence-electron chi connectivity index (χ2n) is 6.60. The van der Waals surface area contributed by atoms with E-state index in [2.05, 4.69) is 10.6 Å². The Morgan fingerprint density at radius 1 is 1.23 bits per heavy atom. The van der Waals surface area contributed by atoms with Crippen LogP contribution in [0.5, 0.6) is 0 Å². The second kappa shape index (κ2) is 7.93. The van der Waals surface area contributed by atoms with E-state index in [-0.39, 0.29) is 11.9 Å². The molecule has 1 heterocycles. The van der Waals surface area contributed by atoms with Crippen LogP contribution in [0.1, 0.15) is 25.5 Å². The van der Waals surface area contributed by atoms with Crippen LogP contribution in [0.3, 0.4) is 0 Å². The molecule has 2 N–H and O–H groups in total. The summed E-state index contributed by atoms with van der Waals surface area (Å²) in [4.78, 5) is 25.7. The summed E-state index contributed by atoms with van der Waals surface area (Å²) >= 11 is 5.90. The van der Waals surface area contributed by atoms with Gasteiger partial charge in [-0.15, -0.1) is 0 Å². The van der Waals surface area contributed by atoms with Gasteiger partial charge < -0.3 is 9.73 Å². The number of amides is 3. The minimum Gasteiger partial charge on any atom is -0.460 e. The SMILES string of the molecule is CC(C(=O)NC(=O)NC1CC1)N(C)Cc1ccc(-c2ccc(Cl)cc2)o1. The summed E-state index contributed by atoms with van der Waals surface area (Å²) in [5, 5.41) is 5.79. The van der Waals surface area contributed by atoms with Crippen molar-refractivity contribution in [3.8, 4) is 11.3 Å². The first-order valence-electron chi connectivity index (χ1n) is 8.58. The van der Waals surface area contributed by atoms with Gasteiger partial charge in [-0.25, -0.2) is 4.79 Å². The van der Waals surface area contributed by atoms with E-state index < -0.39 is 12.1 Å². The van der Waals surface area contributed by atoms with Gasteiger partial charge in [-0.1, -0.05) is 11.6 Å². The standard InChI is InChI=1S/C19H22ClN3O3/c1-12(18(24)22-19(25)21-15-7-8-15)23(2)11-16-9-10-17(26-16)13-3-5-14(20)6-4-13/h3-6,9-10,12,15H,7-8,11H2,1-2H3,(H2,21,22,24,25). The highest BCUT2D eigenvalue weighted by atomic mass is 35.5. The van der Waals surface area contributed by atoms with Crippen molar-refractivity contribution >= 4 is 23.5 Å². The largest absolute Gasteiger partial charge is 0.460 e. The van der Waals surface area contributed by atoms with Crippen LogP contribution in [-0.2, 0) is 11.3 Å². The number of nitrogens with zero attached hydrogens (tertiary/aromatic N) is 1. The van der Waals surface area contributed by atoms with E-state index in [1.165, 1.54) is 0 Å². The molecule has 0 aliphatic heterocycles. The minimum absolute atomic E-state index is 0.213. The maximum atomic E-state index is 12.2. The van der Waals surface area contributed by atoms with Gasteiger partial charge in [0.1, 0.15) is 11.5 Å². The summed E-state index contributed by atoms with van der Waals surface area (Å²) in [6, 6.07) is 10.5. The first-order chi connectivity index (χ1) is 12.4. The van der Waals surface area contributed by atoms with E-state index in [4.69, 9.17) is 16.0 Å². The number of benzene rings is 1. The number of furan rings is 1. The predicted molar refractivity (Wildman–Crippen MR) is 99.8 cm³/mol. The fourth-order valence-corrected chi connectivity index (χ4v) is 2.61. The molecule has 1 fully saturated rings. The Morgan fingerprint density at radius 2 is 1.92 bits per heavy atom. The Morgan fingerprint density at radius 3 is 2.58 bits per heavy atom. The lowest BCUT2D eigenvalue weighted by atomic mass is 10.2. The molecule has 7 heteroatoms. The van der Waals surface area contributed by atoms with Gasteiger partial charge in [-0.2, -0.15) is 0 Å². The molecule has 2 aromatic rings. The first-order valence-corrected chi connectivity index (χ1v) is 8.96. The number of halogens is 1. The lowest BCUT2D eigenvalue weighted by molar-refractivity contribution is -0.124. The van der Waals surface area contributed by atoms with Gasteiger partial charge in [-0.3, -0.25) is 15.0 Å². The topological polar surface area (TPSA) is 74.6 Å². The lowest BCUT2D eigenvalue weighted by Gasteiger charge is -2.22. The zero-order chi connectivity index (χ0) is 18.7. The summed E-state index contributed by atoms with van der Waals surface area (Å²) in [5.74, 6) is 1.14. The number of urea groups is 1. The smallest absolute Gasteiger partial charge is 0.321 e. The molecule has 6 nitrogen and oxygen atoms in total. The summed E-state index contributed by atoms with van der Waals surface area (Å²) in [6.07, 6.45) is 1.96. The average Bonchev–Trinajstić information content (AvgIpc) is 3.29. The maximum absolute atomic E-state index is 12.2. The quantitative estimate of drug-likeness (QED) is 0.811. The van der Waals surface area contributed by atoms with Crippen molar-refractivity contribution in [3.05, 3.63) is 47.2 Å². The molecule has 1 aromatic heterocycles. The second-order valence-corrected chi connectivity index (χ2v) is 7.04. The third-order valence-corrected chi connectivity index (χ3v) is 4.64. The number of carbonyl (C=O) groups is 2. The van der Waals surface area contributed by atoms with Crippen LogP contribution in [0.4, 0.5) is 4.79 Å². The van der Waals surface area contributed by atoms with Crippen LogP contribution in [0.15, 0.2) is 40.8 Å².